The summed E-state index contributed by atoms with van der Waals surface area (Å²) in [4.78, 5) is 3.04. The van der Waals surface area contributed by atoms with Crippen molar-refractivity contribution in [1.29, 1.82) is 0 Å². The van der Waals surface area contributed by atoms with Crippen LogP contribution in [-0.4, -0.2) is 30.7 Å². The molecule has 1 unspecified atom stereocenters. The van der Waals surface area contributed by atoms with Crippen LogP contribution >= 0.6 is 0 Å². The Morgan fingerprint density at radius 3 is 2.31 bits per heavy atom. The number of fused-ring (bicyclic) bond motifs is 1. The smallest absolute Gasteiger partial charge is 0.119 e. The molecular weight excluding hydrogens is 380 g/mol. The zero-order valence-corrected chi connectivity index (χ0v) is 17.8. The average Bonchev–Trinajstić information content (AvgIpc) is 3.09. The molecule has 0 aromatic heterocycles. The van der Waals surface area contributed by atoms with Crippen molar-refractivity contribution in [3.63, 3.8) is 0 Å². The number of benzene rings is 3. The second-order valence-corrected chi connectivity index (χ2v) is 9.12. The molecule has 5 heteroatoms. The van der Waals surface area contributed by atoms with Crippen molar-refractivity contribution in [2.24, 2.45) is 0 Å². The lowest BCUT2D eigenvalue weighted by atomic mass is 9.98. The SMILES string of the molecule is COc1ccc(N[C@@H](c2ccc(N(C)C)cc2)[C@@H]2Cc3ccccc3S2=O)cc1. The van der Waals surface area contributed by atoms with E-state index in [1.54, 1.807) is 7.11 Å². The topological polar surface area (TPSA) is 41.6 Å². The molecule has 4 nitrogen and oxygen atoms in total. The zero-order chi connectivity index (χ0) is 20.4. The Balaban J connectivity index is 1.68. The summed E-state index contributed by atoms with van der Waals surface area (Å²) in [5.41, 5.74) is 4.45. The van der Waals surface area contributed by atoms with E-state index in [9.17, 15) is 4.21 Å². The molecule has 3 aromatic carbocycles. The fraction of sp³-hybridized carbons (Fsp3) is 0.250. The number of nitrogens with zero attached hydrogens (tertiary/aromatic N) is 1. The van der Waals surface area contributed by atoms with Gasteiger partial charge in [0.1, 0.15) is 5.75 Å². The largest absolute Gasteiger partial charge is 0.497 e. The third kappa shape index (κ3) is 4.01. The summed E-state index contributed by atoms with van der Waals surface area (Å²) in [6.07, 6.45) is 0.798. The third-order valence-corrected chi connectivity index (χ3v) is 7.26. The van der Waals surface area contributed by atoms with Gasteiger partial charge in [0.25, 0.3) is 0 Å². The Bertz CT molecular complexity index is 1000. The Kier molecular flexibility index (Phi) is 5.58. The van der Waals surface area contributed by atoms with E-state index < -0.39 is 10.8 Å². The molecule has 1 aliphatic rings. The minimum absolute atomic E-state index is 0.0280. The number of ether oxygens (including phenoxy) is 1. The van der Waals surface area contributed by atoms with Crippen molar-refractivity contribution >= 4 is 22.2 Å². The van der Waals surface area contributed by atoms with E-state index in [4.69, 9.17) is 4.74 Å². The van der Waals surface area contributed by atoms with Crippen LogP contribution in [0.1, 0.15) is 17.2 Å². The van der Waals surface area contributed by atoms with E-state index in [2.05, 4.69) is 40.5 Å². The van der Waals surface area contributed by atoms with Crippen LogP contribution in [0, 0.1) is 0 Å². The quantitative estimate of drug-likeness (QED) is 0.647. The van der Waals surface area contributed by atoms with Crippen molar-refractivity contribution in [2.45, 2.75) is 22.6 Å². The van der Waals surface area contributed by atoms with Gasteiger partial charge in [-0.15, -0.1) is 0 Å². The molecule has 0 aliphatic carbocycles. The van der Waals surface area contributed by atoms with Crippen molar-refractivity contribution in [3.8, 4) is 5.75 Å². The van der Waals surface area contributed by atoms with Crippen LogP contribution in [-0.2, 0) is 17.2 Å². The van der Waals surface area contributed by atoms with Gasteiger partial charge in [-0.2, -0.15) is 0 Å². The van der Waals surface area contributed by atoms with E-state index in [1.165, 1.54) is 5.56 Å². The van der Waals surface area contributed by atoms with Gasteiger partial charge in [-0.05, 0) is 60.0 Å². The van der Waals surface area contributed by atoms with E-state index in [1.807, 2.05) is 56.6 Å². The van der Waals surface area contributed by atoms with E-state index in [0.717, 1.165) is 34.0 Å². The molecular formula is C24H26N2O2S. The molecule has 0 saturated carbocycles. The first-order valence-electron chi connectivity index (χ1n) is 9.73. The van der Waals surface area contributed by atoms with Gasteiger partial charge in [0.15, 0.2) is 0 Å². The standard InChI is InChI=1S/C24H26N2O2S/c1-26(2)20-12-8-17(9-13-20)24(25-19-10-14-21(28-3)15-11-19)23-16-18-6-4-5-7-22(18)29(23)27/h4-15,23-25H,16H2,1-3H3/t23-,24-,29?/m0/s1. The van der Waals surface area contributed by atoms with Crippen LogP contribution in [0.25, 0.3) is 0 Å². The highest BCUT2D eigenvalue weighted by molar-refractivity contribution is 7.86. The summed E-state index contributed by atoms with van der Waals surface area (Å²) < 4.78 is 18.6. The lowest BCUT2D eigenvalue weighted by Gasteiger charge is -2.26. The van der Waals surface area contributed by atoms with E-state index in [0.29, 0.717) is 0 Å². The van der Waals surface area contributed by atoms with E-state index >= 15 is 0 Å². The van der Waals surface area contributed by atoms with Gasteiger partial charge >= 0.3 is 0 Å². The number of hydrogen-bond acceptors (Lipinski definition) is 4. The average molecular weight is 407 g/mol. The second-order valence-electron chi connectivity index (χ2n) is 7.48. The van der Waals surface area contributed by atoms with Crippen molar-refractivity contribution in [3.05, 3.63) is 83.9 Å². The minimum atomic E-state index is -1.06. The summed E-state index contributed by atoms with van der Waals surface area (Å²) in [5.74, 6) is 0.819. The first-order valence-corrected chi connectivity index (χ1v) is 10.9. The number of nitrogens with one attached hydrogen (secondary N) is 1. The maximum atomic E-state index is 13.3. The van der Waals surface area contributed by atoms with Crippen LogP contribution in [0.5, 0.6) is 5.75 Å². The predicted octanol–water partition coefficient (Wildman–Crippen LogP) is 4.65. The highest BCUT2D eigenvalue weighted by Crippen LogP contribution is 2.37. The first-order chi connectivity index (χ1) is 14.1. The van der Waals surface area contributed by atoms with Crippen LogP contribution in [0.2, 0.25) is 0 Å². The number of hydrogen-bond donors (Lipinski definition) is 1. The van der Waals surface area contributed by atoms with Crippen LogP contribution in [0.3, 0.4) is 0 Å². The van der Waals surface area contributed by atoms with E-state index in [-0.39, 0.29) is 11.3 Å². The molecule has 150 valence electrons. The highest BCUT2D eigenvalue weighted by Gasteiger charge is 2.36. The molecule has 0 radical (unpaired) electrons. The normalized spacial score (nSPS) is 18.7. The molecule has 0 amide bonds. The molecule has 0 saturated heterocycles. The summed E-state index contributed by atoms with van der Waals surface area (Å²) in [6, 6.07) is 24.4. The molecule has 3 aromatic rings. The number of anilines is 2. The maximum Gasteiger partial charge on any atom is 0.119 e. The van der Waals surface area contributed by atoms with Crippen molar-refractivity contribution in [2.75, 3.05) is 31.4 Å². The molecule has 0 bridgehead atoms. The van der Waals surface area contributed by atoms with Crippen molar-refractivity contribution < 1.29 is 8.95 Å². The fourth-order valence-electron chi connectivity index (χ4n) is 3.80. The number of methoxy groups -OCH3 is 1. The van der Waals surface area contributed by atoms with Gasteiger partial charge in [0.2, 0.25) is 0 Å². The third-order valence-electron chi connectivity index (χ3n) is 5.44. The second kappa shape index (κ2) is 8.29. The summed E-state index contributed by atoms with van der Waals surface area (Å²) in [5, 5.41) is 3.61. The van der Waals surface area contributed by atoms with Crippen LogP contribution in [0.15, 0.2) is 77.7 Å². The highest BCUT2D eigenvalue weighted by atomic mass is 32.2. The molecule has 0 fully saturated rings. The number of rotatable bonds is 6. The Morgan fingerprint density at radius 2 is 1.69 bits per heavy atom. The zero-order valence-electron chi connectivity index (χ0n) is 17.0. The monoisotopic (exact) mass is 406 g/mol. The molecule has 4 rings (SSSR count). The first kappa shape index (κ1) is 19.5. The van der Waals surface area contributed by atoms with Gasteiger partial charge in [-0.3, -0.25) is 4.21 Å². The van der Waals surface area contributed by atoms with Gasteiger partial charge in [0.05, 0.1) is 29.2 Å². The Hall–Kier alpha value is -2.79. The van der Waals surface area contributed by atoms with Gasteiger partial charge in [-0.25, -0.2) is 0 Å². The molecule has 0 spiro atoms. The fourth-order valence-corrected chi connectivity index (χ4v) is 5.56. The molecule has 1 aliphatic heterocycles. The molecule has 29 heavy (non-hydrogen) atoms. The summed E-state index contributed by atoms with van der Waals surface area (Å²) >= 11 is 0. The summed E-state index contributed by atoms with van der Waals surface area (Å²) in [6.45, 7) is 0. The van der Waals surface area contributed by atoms with Crippen LogP contribution < -0.4 is 15.0 Å². The Labute approximate surface area is 175 Å². The predicted molar refractivity (Wildman–Crippen MR) is 120 cm³/mol. The lowest BCUT2D eigenvalue weighted by molar-refractivity contribution is 0.415. The Morgan fingerprint density at radius 1 is 1.00 bits per heavy atom. The van der Waals surface area contributed by atoms with Gasteiger partial charge in [0, 0.05) is 30.4 Å². The maximum absolute atomic E-state index is 13.3. The molecule has 1 N–H and O–H groups in total. The molecule has 3 atom stereocenters. The van der Waals surface area contributed by atoms with Gasteiger partial charge < -0.3 is 15.0 Å². The molecule has 1 heterocycles. The van der Waals surface area contributed by atoms with Crippen LogP contribution in [0.4, 0.5) is 11.4 Å². The lowest BCUT2D eigenvalue weighted by Crippen LogP contribution is -2.28. The minimum Gasteiger partial charge on any atom is -0.497 e. The summed E-state index contributed by atoms with van der Waals surface area (Å²) in [7, 11) is 4.67. The van der Waals surface area contributed by atoms with Gasteiger partial charge in [-0.1, -0.05) is 30.3 Å². The van der Waals surface area contributed by atoms with Crippen molar-refractivity contribution in [1.82, 2.24) is 0 Å².